The molecule has 0 radical (unpaired) electrons. The number of nitrogens with zero attached hydrogens (tertiary/aromatic N) is 1. The summed E-state index contributed by atoms with van der Waals surface area (Å²) in [5.74, 6) is -1.87. The molecular weight excluding hydrogens is 410 g/mol. The summed E-state index contributed by atoms with van der Waals surface area (Å²) >= 11 is 2.81. The lowest BCUT2D eigenvalue weighted by atomic mass is 10.3. The van der Waals surface area contributed by atoms with E-state index in [1.165, 1.54) is 23.1 Å². The second-order valence-electron chi connectivity index (χ2n) is 5.92. The fraction of sp³-hybridized carbons (Fsp3) is 0.100. The topological polar surface area (TPSA) is 108 Å². The van der Waals surface area contributed by atoms with E-state index in [0.717, 1.165) is 27.3 Å². The van der Waals surface area contributed by atoms with Gasteiger partial charge in [-0.15, -0.1) is 11.8 Å². The van der Waals surface area contributed by atoms with E-state index in [4.69, 9.17) is 5.11 Å². The molecule has 0 fully saturated rings. The van der Waals surface area contributed by atoms with Gasteiger partial charge in [-0.25, -0.2) is 9.78 Å². The summed E-state index contributed by atoms with van der Waals surface area (Å²) in [5.41, 5.74) is 1.38. The lowest BCUT2D eigenvalue weighted by molar-refractivity contribution is -0.131. The van der Waals surface area contributed by atoms with Crippen molar-refractivity contribution in [1.29, 1.82) is 0 Å². The monoisotopic (exact) mass is 427 g/mol. The average Bonchev–Trinajstić information content (AvgIpc) is 3.10. The molecule has 9 heteroatoms. The number of hydrogen-bond donors (Lipinski definition) is 3. The Balaban J connectivity index is 1.55. The van der Waals surface area contributed by atoms with E-state index in [-0.39, 0.29) is 11.2 Å². The molecule has 0 spiro atoms. The number of thiazole rings is 1. The smallest absolute Gasteiger partial charge is 0.328 e. The molecule has 0 aliphatic rings. The molecule has 1 unspecified atom stereocenters. The fourth-order valence-electron chi connectivity index (χ4n) is 2.34. The van der Waals surface area contributed by atoms with Crippen molar-refractivity contribution < 1.29 is 19.5 Å². The molecular formula is C20H17N3O4S2. The highest BCUT2D eigenvalue weighted by Gasteiger charge is 2.16. The number of para-hydroxylation sites is 1. The first-order chi connectivity index (χ1) is 13.9. The number of nitrogens with one attached hydrogen (secondary N) is 2. The van der Waals surface area contributed by atoms with Crippen LogP contribution in [0.2, 0.25) is 0 Å². The van der Waals surface area contributed by atoms with E-state index >= 15 is 0 Å². The molecule has 148 valence electrons. The van der Waals surface area contributed by atoms with Crippen molar-refractivity contribution in [2.45, 2.75) is 17.1 Å². The third kappa shape index (κ3) is 5.90. The number of fused-ring (bicyclic) bond motifs is 1. The Morgan fingerprint density at radius 1 is 1.07 bits per heavy atom. The van der Waals surface area contributed by atoms with Crippen LogP contribution in [0.5, 0.6) is 0 Å². The van der Waals surface area contributed by atoms with Gasteiger partial charge in [0.25, 0.3) is 0 Å². The standard InChI is InChI=1S/C20H17N3O4S2/c1-12(19(27)23-20-22-15-4-2-3-5-16(15)29-20)28-14-8-6-13(7-9-14)21-17(24)10-11-18(25)26/h2-12H,1H3,(H,21,24)(H,25,26)(H,22,23,27)/b11-10+. The number of carboxylic acids is 1. The van der Waals surface area contributed by atoms with Gasteiger partial charge in [0, 0.05) is 22.7 Å². The van der Waals surface area contributed by atoms with Crippen LogP contribution < -0.4 is 10.6 Å². The fourth-order valence-corrected chi connectivity index (χ4v) is 4.07. The van der Waals surface area contributed by atoms with Gasteiger partial charge in [-0.2, -0.15) is 0 Å². The maximum Gasteiger partial charge on any atom is 0.328 e. The number of thioether (sulfide) groups is 1. The predicted molar refractivity (Wildman–Crippen MR) is 115 cm³/mol. The van der Waals surface area contributed by atoms with E-state index in [9.17, 15) is 14.4 Å². The molecule has 0 bridgehead atoms. The Morgan fingerprint density at radius 2 is 1.79 bits per heavy atom. The second-order valence-corrected chi connectivity index (χ2v) is 8.37. The van der Waals surface area contributed by atoms with E-state index in [2.05, 4.69) is 15.6 Å². The Labute approximate surface area is 174 Å². The number of aromatic nitrogens is 1. The number of hydrogen-bond acceptors (Lipinski definition) is 6. The first kappa shape index (κ1) is 20.6. The third-order valence-electron chi connectivity index (χ3n) is 3.71. The van der Waals surface area contributed by atoms with Crippen molar-refractivity contribution in [3.05, 3.63) is 60.7 Å². The van der Waals surface area contributed by atoms with Crippen molar-refractivity contribution in [1.82, 2.24) is 4.98 Å². The van der Waals surface area contributed by atoms with Crippen LogP contribution in [0, 0.1) is 0 Å². The summed E-state index contributed by atoms with van der Waals surface area (Å²) in [5, 5.41) is 14.1. The first-order valence-electron chi connectivity index (χ1n) is 8.56. The van der Waals surface area contributed by atoms with Gasteiger partial charge < -0.3 is 15.7 Å². The summed E-state index contributed by atoms with van der Waals surface area (Å²) < 4.78 is 1.01. The van der Waals surface area contributed by atoms with Gasteiger partial charge in [0.2, 0.25) is 11.8 Å². The molecule has 0 aliphatic carbocycles. The van der Waals surface area contributed by atoms with Gasteiger partial charge in [0.15, 0.2) is 5.13 Å². The molecule has 7 nitrogen and oxygen atoms in total. The molecule has 1 aromatic heterocycles. The molecule has 3 rings (SSSR count). The van der Waals surface area contributed by atoms with Gasteiger partial charge in [-0.05, 0) is 43.3 Å². The highest BCUT2D eigenvalue weighted by Crippen LogP contribution is 2.28. The Kier molecular flexibility index (Phi) is 6.63. The van der Waals surface area contributed by atoms with Crippen molar-refractivity contribution in [2.24, 2.45) is 0 Å². The van der Waals surface area contributed by atoms with E-state index in [0.29, 0.717) is 10.8 Å². The van der Waals surface area contributed by atoms with Gasteiger partial charge >= 0.3 is 5.97 Å². The number of aliphatic carboxylic acids is 1. The van der Waals surface area contributed by atoms with E-state index < -0.39 is 11.9 Å². The average molecular weight is 428 g/mol. The van der Waals surface area contributed by atoms with Crippen LogP contribution in [0.1, 0.15) is 6.92 Å². The van der Waals surface area contributed by atoms with Gasteiger partial charge in [0.1, 0.15) is 0 Å². The second kappa shape index (κ2) is 9.35. The van der Waals surface area contributed by atoms with Gasteiger partial charge in [-0.3, -0.25) is 9.59 Å². The number of benzene rings is 2. The maximum atomic E-state index is 12.5. The van der Waals surface area contributed by atoms with Crippen LogP contribution in [0.15, 0.2) is 65.6 Å². The molecule has 1 heterocycles. The molecule has 3 N–H and O–H groups in total. The molecule has 3 aromatic rings. The third-order valence-corrected chi connectivity index (χ3v) is 5.77. The summed E-state index contributed by atoms with van der Waals surface area (Å²) in [6, 6.07) is 14.6. The van der Waals surface area contributed by atoms with Crippen LogP contribution in [-0.2, 0) is 14.4 Å². The highest BCUT2D eigenvalue weighted by atomic mass is 32.2. The number of carboxylic acid groups (broad SMARTS) is 1. The minimum Gasteiger partial charge on any atom is -0.478 e. The van der Waals surface area contributed by atoms with Crippen molar-refractivity contribution in [3.63, 3.8) is 0 Å². The Morgan fingerprint density at radius 3 is 2.48 bits per heavy atom. The first-order valence-corrected chi connectivity index (χ1v) is 10.3. The number of carbonyl (C=O) groups excluding carboxylic acids is 2. The van der Waals surface area contributed by atoms with E-state index in [1.807, 2.05) is 24.3 Å². The lowest BCUT2D eigenvalue weighted by Crippen LogP contribution is -2.22. The van der Waals surface area contributed by atoms with Crippen LogP contribution in [0.25, 0.3) is 10.2 Å². The Bertz CT molecular complexity index is 1040. The quantitative estimate of drug-likeness (QED) is 0.389. The number of anilines is 2. The zero-order valence-electron chi connectivity index (χ0n) is 15.3. The molecule has 29 heavy (non-hydrogen) atoms. The normalized spacial score (nSPS) is 12.0. The summed E-state index contributed by atoms with van der Waals surface area (Å²) in [6.07, 6.45) is 1.71. The zero-order valence-corrected chi connectivity index (χ0v) is 16.9. The molecule has 1 atom stereocenters. The van der Waals surface area contributed by atoms with Crippen molar-refractivity contribution in [2.75, 3.05) is 10.6 Å². The summed E-state index contributed by atoms with van der Waals surface area (Å²) in [6.45, 7) is 1.81. The highest BCUT2D eigenvalue weighted by molar-refractivity contribution is 8.00. The van der Waals surface area contributed by atoms with Gasteiger partial charge in [0.05, 0.1) is 15.5 Å². The summed E-state index contributed by atoms with van der Waals surface area (Å²) in [7, 11) is 0. The van der Waals surface area contributed by atoms with Crippen LogP contribution in [0.3, 0.4) is 0 Å². The van der Waals surface area contributed by atoms with Crippen molar-refractivity contribution in [3.8, 4) is 0 Å². The minimum atomic E-state index is -1.19. The molecule has 0 saturated heterocycles. The number of rotatable bonds is 7. The Hall–Kier alpha value is -3.17. The van der Waals surface area contributed by atoms with Gasteiger partial charge in [-0.1, -0.05) is 23.5 Å². The number of amides is 2. The molecule has 0 aliphatic heterocycles. The number of carbonyl (C=O) groups is 3. The van der Waals surface area contributed by atoms with Crippen molar-refractivity contribution >= 4 is 61.9 Å². The van der Waals surface area contributed by atoms with Crippen LogP contribution >= 0.6 is 23.1 Å². The van der Waals surface area contributed by atoms with Crippen LogP contribution in [0.4, 0.5) is 10.8 Å². The maximum absolute atomic E-state index is 12.5. The molecule has 2 aromatic carbocycles. The predicted octanol–water partition coefficient (Wildman–Crippen LogP) is 3.99. The van der Waals surface area contributed by atoms with E-state index in [1.54, 1.807) is 31.2 Å². The molecule has 0 saturated carbocycles. The zero-order chi connectivity index (χ0) is 20.8. The lowest BCUT2D eigenvalue weighted by Gasteiger charge is -2.11. The van der Waals surface area contributed by atoms with Crippen LogP contribution in [-0.4, -0.2) is 33.1 Å². The molecule has 2 amide bonds. The minimum absolute atomic E-state index is 0.148. The summed E-state index contributed by atoms with van der Waals surface area (Å²) in [4.78, 5) is 39.7. The largest absolute Gasteiger partial charge is 0.478 e. The SMILES string of the molecule is CC(Sc1ccc(NC(=O)/C=C/C(=O)O)cc1)C(=O)Nc1nc2ccccc2s1.